The van der Waals surface area contributed by atoms with Gasteiger partial charge in [-0.25, -0.2) is 4.79 Å². The first kappa shape index (κ1) is 22.7. The lowest BCUT2D eigenvalue weighted by Gasteiger charge is -2.34. The number of hydrogen-bond acceptors (Lipinski definition) is 5. The third kappa shape index (κ3) is 3.65. The number of halogens is 3. The number of ether oxygens (including phenoxy) is 1. The van der Waals surface area contributed by atoms with Crippen molar-refractivity contribution in [1.29, 1.82) is 0 Å². The average molecular weight is 488 g/mol. The number of imide groups is 1. The third-order valence-corrected chi connectivity index (χ3v) is 6.33. The molecule has 2 atom stereocenters. The Balaban J connectivity index is 1.50. The van der Waals surface area contributed by atoms with Gasteiger partial charge < -0.3 is 15.4 Å². The molecule has 1 fully saturated rings. The zero-order chi connectivity index (χ0) is 25.0. The zero-order valence-electron chi connectivity index (χ0n) is 18.1. The molecule has 0 saturated carbocycles. The highest BCUT2D eigenvalue weighted by Crippen LogP contribution is 2.42. The molecular formula is C23H19F3N4O5. The molecule has 5 amide bonds. The number of nitrogens with zero attached hydrogens (tertiary/aromatic N) is 2. The fourth-order valence-electron chi connectivity index (χ4n) is 4.72. The molecule has 0 aliphatic carbocycles. The van der Waals surface area contributed by atoms with Crippen LogP contribution < -0.4 is 20.3 Å². The Morgan fingerprint density at radius 2 is 1.80 bits per heavy atom. The topological polar surface area (TPSA) is 108 Å². The first-order chi connectivity index (χ1) is 16.6. The van der Waals surface area contributed by atoms with Gasteiger partial charge in [0, 0.05) is 12.0 Å². The highest BCUT2D eigenvalue weighted by molar-refractivity contribution is 6.12. The van der Waals surface area contributed by atoms with Crippen LogP contribution in [-0.4, -0.2) is 54.0 Å². The van der Waals surface area contributed by atoms with Crippen LogP contribution in [-0.2, 0) is 19.9 Å². The number of anilines is 2. The Hall–Kier alpha value is -4.09. The molecule has 5 rings (SSSR count). The fraction of sp³-hybridized carbons (Fsp3) is 0.304. The normalized spacial score (nSPS) is 23.7. The van der Waals surface area contributed by atoms with Gasteiger partial charge in [-0.2, -0.15) is 13.2 Å². The van der Waals surface area contributed by atoms with Gasteiger partial charge in [-0.3, -0.25) is 24.2 Å². The van der Waals surface area contributed by atoms with E-state index >= 15 is 0 Å². The van der Waals surface area contributed by atoms with E-state index in [9.17, 15) is 32.3 Å². The Morgan fingerprint density at radius 3 is 2.57 bits per heavy atom. The smallest absolute Gasteiger partial charge is 0.409 e. The monoisotopic (exact) mass is 488 g/mol. The lowest BCUT2D eigenvalue weighted by Crippen LogP contribution is -2.53. The number of rotatable bonds is 2. The van der Waals surface area contributed by atoms with E-state index in [0.717, 1.165) is 0 Å². The van der Waals surface area contributed by atoms with E-state index in [4.69, 9.17) is 4.74 Å². The van der Waals surface area contributed by atoms with Gasteiger partial charge in [-0.05, 0) is 18.2 Å². The fourth-order valence-corrected chi connectivity index (χ4v) is 4.72. The van der Waals surface area contributed by atoms with Crippen molar-refractivity contribution in [2.24, 2.45) is 0 Å². The van der Waals surface area contributed by atoms with E-state index in [1.807, 2.05) is 0 Å². The van der Waals surface area contributed by atoms with Crippen LogP contribution >= 0.6 is 0 Å². The summed E-state index contributed by atoms with van der Waals surface area (Å²) in [6, 6.07) is 8.78. The molecule has 1 spiro atoms. The predicted molar refractivity (Wildman–Crippen MR) is 115 cm³/mol. The minimum atomic E-state index is -4.94. The van der Waals surface area contributed by atoms with Gasteiger partial charge in [0.05, 0.1) is 24.4 Å². The minimum absolute atomic E-state index is 0.0182. The van der Waals surface area contributed by atoms with Crippen LogP contribution in [0.15, 0.2) is 48.5 Å². The summed E-state index contributed by atoms with van der Waals surface area (Å²) in [4.78, 5) is 52.8. The van der Waals surface area contributed by atoms with Crippen molar-refractivity contribution >= 4 is 35.1 Å². The molecule has 3 heterocycles. The molecule has 0 bridgehead atoms. The Kier molecular flexibility index (Phi) is 5.18. The standard InChI is InChI=1S/C23H19F3N4O5/c24-23(25,26)17-11-18(31)27-14-6-2-3-7-15(14)30(17)19(32)12-29-20(33)22(28-21(29)34)9-10-35-16-8-4-1-5-13(16)22/h1-8,17H,9-12H2,(H,27,31)(H,28,34)/t17-,22+/m0/s1. The summed E-state index contributed by atoms with van der Waals surface area (Å²) in [7, 11) is 0. The molecule has 2 N–H and O–H groups in total. The van der Waals surface area contributed by atoms with Crippen LogP contribution in [0, 0.1) is 0 Å². The third-order valence-electron chi connectivity index (χ3n) is 6.33. The lowest BCUT2D eigenvalue weighted by atomic mass is 9.84. The molecule has 9 nitrogen and oxygen atoms in total. The van der Waals surface area contributed by atoms with E-state index in [1.165, 1.54) is 24.3 Å². The molecule has 1 saturated heterocycles. The van der Waals surface area contributed by atoms with Crippen molar-refractivity contribution in [3.8, 4) is 5.75 Å². The maximum atomic E-state index is 14.0. The van der Waals surface area contributed by atoms with E-state index in [0.29, 0.717) is 21.1 Å². The number of amides is 5. The van der Waals surface area contributed by atoms with Gasteiger partial charge in [-0.15, -0.1) is 0 Å². The Bertz CT molecular complexity index is 1250. The number of urea groups is 1. The Morgan fingerprint density at radius 1 is 1.09 bits per heavy atom. The molecule has 12 heteroatoms. The summed E-state index contributed by atoms with van der Waals surface area (Å²) in [5.41, 5.74) is -1.24. The molecule has 2 aromatic carbocycles. The van der Waals surface area contributed by atoms with E-state index in [-0.39, 0.29) is 24.4 Å². The summed E-state index contributed by atoms with van der Waals surface area (Å²) in [6.45, 7) is -0.821. The highest BCUT2D eigenvalue weighted by Gasteiger charge is 2.56. The zero-order valence-corrected chi connectivity index (χ0v) is 18.1. The summed E-state index contributed by atoms with van der Waals surface area (Å²) in [5.74, 6) is -2.43. The second-order valence-corrected chi connectivity index (χ2v) is 8.41. The highest BCUT2D eigenvalue weighted by atomic mass is 19.4. The van der Waals surface area contributed by atoms with Gasteiger partial charge in [0.2, 0.25) is 11.8 Å². The largest absolute Gasteiger partial charge is 0.493 e. The molecule has 0 radical (unpaired) electrons. The lowest BCUT2D eigenvalue weighted by molar-refractivity contribution is -0.158. The first-order valence-corrected chi connectivity index (χ1v) is 10.8. The van der Waals surface area contributed by atoms with Crippen LogP contribution in [0.1, 0.15) is 18.4 Å². The van der Waals surface area contributed by atoms with Gasteiger partial charge in [0.15, 0.2) is 5.54 Å². The quantitative estimate of drug-likeness (QED) is 0.632. The molecule has 0 unspecified atom stereocenters. The van der Waals surface area contributed by atoms with Crippen molar-refractivity contribution in [2.75, 3.05) is 23.4 Å². The van der Waals surface area contributed by atoms with Gasteiger partial charge in [0.1, 0.15) is 18.3 Å². The number of fused-ring (bicyclic) bond motifs is 3. The number of nitrogens with one attached hydrogen (secondary N) is 2. The van der Waals surface area contributed by atoms with Crippen LogP contribution in [0.3, 0.4) is 0 Å². The van der Waals surface area contributed by atoms with Crippen molar-refractivity contribution in [3.05, 3.63) is 54.1 Å². The van der Waals surface area contributed by atoms with Crippen LogP contribution in [0.2, 0.25) is 0 Å². The number of carbonyl (C=O) groups excluding carboxylic acids is 4. The summed E-state index contributed by atoms with van der Waals surface area (Å²) < 4.78 is 47.5. The van der Waals surface area contributed by atoms with Gasteiger partial charge in [0.25, 0.3) is 5.91 Å². The van der Waals surface area contributed by atoms with Crippen LogP contribution in [0.25, 0.3) is 0 Å². The van der Waals surface area contributed by atoms with Crippen LogP contribution in [0.4, 0.5) is 29.3 Å². The number of alkyl halides is 3. The van der Waals surface area contributed by atoms with Crippen molar-refractivity contribution < 1.29 is 37.1 Å². The number of benzene rings is 2. The van der Waals surface area contributed by atoms with E-state index in [1.54, 1.807) is 24.3 Å². The Labute approximate surface area is 196 Å². The van der Waals surface area contributed by atoms with E-state index < -0.39 is 54.5 Å². The molecule has 2 aromatic rings. The second kappa shape index (κ2) is 8.00. The summed E-state index contributed by atoms with van der Waals surface area (Å²) in [6.07, 6.45) is -5.88. The van der Waals surface area contributed by atoms with Crippen molar-refractivity contribution in [3.63, 3.8) is 0 Å². The molecule has 182 valence electrons. The molecule has 3 aliphatic rings. The number of hydrogen-bond donors (Lipinski definition) is 2. The van der Waals surface area contributed by atoms with Crippen LogP contribution in [0.5, 0.6) is 5.75 Å². The maximum absolute atomic E-state index is 14.0. The number of carbonyl (C=O) groups is 4. The van der Waals surface area contributed by atoms with Crippen molar-refractivity contribution in [2.45, 2.75) is 30.6 Å². The van der Waals surface area contributed by atoms with Gasteiger partial charge >= 0.3 is 12.2 Å². The molecule has 3 aliphatic heterocycles. The van der Waals surface area contributed by atoms with Crippen molar-refractivity contribution in [1.82, 2.24) is 10.2 Å². The SMILES string of the molecule is O=C1C[C@@H](C(F)(F)F)N(C(=O)CN2C(=O)N[C@@]3(CCOc4ccccc43)C2=O)c2ccccc2N1. The second-order valence-electron chi connectivity index (χ2n) is 8.41. The summed E-state index contributed by atoms with van der Waals surface area (Å²) in [5, 5.41) is 4.98. The predicted octanol–water partition coefficient (Wildman–Crippen LogP) is 2.52. The summed E-state index contributed by atoms with van der Waals surface area (Å²) >= 11 is 0. The molecule has 0 aromatic heterocycles. The number of para-hydroxylation sites is 3. The molecular weight excluding hydrogens is 469 g/mol. The van der Waals surface area contributed by atoms with Gasteiger partial charge in [-0.1, -0.05) is 30.3 Å². The minimum Gasteiger partial charge on any atom is -0.493 e. The first-order valence-electron chi connectivity index (χ1n) is 10.8. The molecule has 35 heavy (non-hydrogen) atoms. The van der Waals surface area contributed by atoms with E-state index in [2.05, 4.69) is 10.6 Å². The average Bonchev–Trinajstić information content (AvgIpc) is 2.94. The maximum Gasteiger partial charge on any atom is 0.409 e.